The number of hydrogen-bond acceptors (Lipinski definition) is 6. The molecule has 9 heteroatoms. The Morgan fingerprint density at radius 1 is 1.40 bits per heavy atom. The molecule has 0 bridgehead atoms. The van der Waals surface area contributed by atoms with Crippen LogP contribution in [0.1, 0.15) is 24.6 Å². The number of carbonyl (C=O) groups is 1. The Morgan fingerprint density at radius 2 is 2.16 bits per heavy atom. The zero-order chi connectivity index (χ0) is 16.9. The van der Waals surface area contributed by atoms with Crippen LogP contribution in [-0.4, -0.2) is 34.0 Å². The van der Waals surface area contributed by atoms with Crippen LogP contribution < -0.4 is 11.1 Å². The summed E-state index contributed by atoms with van der Waals surface area (Å²) in [7, 11) is 0. The molecule has 0 spiro atoms. The lowest BCUT2D eigenvalue weighted by Crippen LogP contribution is -2.38. The molecule has 136 valence electrons. The summed E-state index contributed by atoms with van der Waals surface area (Å²) in [6.45, 7) is 2.36. The molecule has 7 nitrogen and oxygen atoms in total. The number of likely N-dealkylation sites (tertiary alicyclic amines) is 1. The SMILES string of the molecule is Cl.NCc1nc(CN2CCC(C(=O)Nc3cccc(F)c3)CC2)no1. The molecule has 2 heterocycles. The fourth-order valence-corrected chi connectivity index (χ4v) is 2.80. The van der Waals surface area contributed by atoms with E-state index in [9.17, 15) is 9.18 Å². The van der Waals surface area contributed by atoms with Gasteiger partial charge in [0.25, 0.3) is 0 Å². The summed E-state index contributed by atoms with van der Waals surface area (Å²) >= 11 is 0. The lowest BCUT2D eigenvalue weighted by molar-refractivity contribution is -0.121. The number of nitrogens with one attached hydrogen (secondary N) is 1. The van der Waals surface area contributed by atoms with Crippen LogP contribution in [-0.2, 0) is 17.9 Å². The number of aromatic nitrogens is 2. The second-order valence-electron chi connectivity index (χ2n) is 5.86. The third kappa shape index (κ3) is 5.22. The van der Waals surface area contributed by atoms with E-state index in [1.54, 1.807) is 12.1 Å². The normalized spacial score (nSPS) is 15.6. The number of nitrogens with two attached hydrogens (primary N) is 1. The summed E-state index contributed by atoms with van der Waals surface area (Å²) in [6.07, 6.45) is 1.48. The van der Waals surface area contributed by atoms with E-state index in [0.717, 1.165) is 25.9 Å². The molecule has 25 heavy (non-hydrogen) atoms. The molecule has 1 aliphatic rings. The molecule has 1 amide bonds. The Bertz CT molecular complexity index is 703. The highest BCUT2D eigenvalue weighted by atomic mass is 35.5. The van der Waals surface area contributed by atoms with Crippen LogP contribution in [0.5, 0.6) is 0 Å². The van der Waals surface area contributed by atoms with E-state index in [0.29, 0.717) is 23.9 Å². The summed E-state index contributed by atoms with van der Waals surface area (Å²) < 4.78 is 18.1. The van der Waals surface area contributed by atoms with Gasteiger partial charge < -0.3 is 15.6 Å². The van der Waals surface area contributed by atoms with Gasteiger partial charge in [-0.1, -0.05) is 11.2 Å². The fourth-order valence-electron chi connectivity index (χ4n) is 2.80. The van der Waals surface area contributed by atoms with Crippen LogP contribution in [0, 0.1) is 11.7 Å². The van der Waals surface area contributed by atoms with E-state index >= 15 is 0 Å². The number of anilines is 1. The second kappa shape index (κ2) is 8.89. The molecule has 3 N–H and O–H groups in total. The van der Waals surface area contributed by atoms with E-state index in [4.69, 9.17) is 10.3 Å². The number of rotatable bonds is 5. The van der Waals surface area contributed by atoms with Gasteiger partial charge in [0.05, 0.1) is 13.1 Å². The average molecular weight is 370 g/mol. The van der Waals surface area contributed by atoms with Gasteiger partial charge >= 0.3 is 0 Å². The molecule has 0 unspecified atom stereocenters. The van der Waals surface area contributed by atoms with Crippen molar-refractivity contribution in [2.45, 2.75) is 25.9 Å². The van der Waals surface area contributed by atoms with Crippen LogP contribution in [0.2, 0.25) is 0 Å². The predicted octanol–water partition coefficient (Wildman–Crippen LogP) is 1.94. The van der Waals surface area contributed by atoms with Gasteiger partial charge in [-0.15, -0.1) is 12.4 Å². The molecule has 1 aromatic carbocycles. The minimum absolute atomic E-state index is 0. The van der Waals surface area contributed by atoms with Crippen LogP contribution in [0.3, 0.4) is 0 Å². The lowest BCUT2D eigenvalue weighted by Gasteiger charge is -2.30. The first kappa shape index (κ1) is 19.3. The molecule has 1 fully saturated rings. The van der Waals surface area contributed by atoms with Crippen molar-refractivity contribution in [1.29, 1.82) is 0 Å². The first-order valence-electron chi connectivity index (χ1n) is 7.94. The summed E-state index contributed by atoms with van der Waals surface area (Å²) in [4.78, 5) is 18.6. The van der Waals surface area contributed by atoms with Gasteiger partial charge in [0, 0.05) is 11.6 Å². The number of hydrogen-bond donors (Lipinski definition) is 2. The van der Waals surface area contributed by atoms with E-state index in [-0.39, 0.29) is 36.6 Å². The number of benzene rings is 1. The number of amides is 1. The van der Waals surface area contributed by atoms with Crippen LogP contribution in [0.15, 0.2) is 28.8 Å². The van der Waals surface area contributed by atoms with Crippen LogP contribution in [0.25, 0.3) is 0 Å². The van der Waals surface area contributed by atoms with E-state index < -0.39 is 0 Å². The van der Waals surface area contributed by atoms with Crippen molar-refractivity contribution in [3.8, 4) is 0 Å². The van der Waals surface area contributed by atoms with Crippen molar-refractivity contribution >= 4 is 24.0 Å². The zero-order valence-corrected chi connectivity index (χ0v) is 14.5. The molecule has 2 aromatic rings. The van der Waals surface area contributed by atoms with E-state index in [1.165, 1.54) is 12.1 Å². The zero-order valence-electron chi connectivity index (χ0n) is 13.7. The lowest BCUT2D eigenvalue weighted by atomic mass is 9.96. The molecule has 1 aromatic heterocycles. The van der Waals surface area contributed by atoms with Crippen molar-refractivity contribution in [3.63, 3.8) is 0 Å². The van der Waals surface area contributed by atoms with Gasteiger partial charge in [-0.05, 0) is 44.1 Å². The summed E-state index contributed by atoms with van der Waals surface area (Å²) in [5.41, 5.74) is 5.93. The van der Waals surface area contributed by atoms with E-state index in [2.05, 4.69) is 20.4 Å². The molecular formula is C16H21ClFN5O2. The van der Waals surface area contributed by atoms with Gasteiger partial charge in [0.15, 0.2) is 5.82 Å². The molecule has 3 rings (SSSR count). The third-order valence-corrected chi connectivity index (χ3v) is 4.10. The number of carbonyl (C=O) groups excluding carboxylic acids is 1. The quantitative estimate of drug-likeness (QED) is 0.835. The number of piperidine rings is 1. The molecular weight excluding hydrogens is 349 g/mol. The Balaban J connectivity index is 0.00000225. The van der Waals surface area contributed by atoms with Crippen molar-refractivity contribution in [2.24, 2.45) is 11.7 Å². The maximum Gasteiger partial charge on any atom is 0.240 e. The molecule has 0 atom stereocenters. The minimum Gasteiger partial charge on any atom is -0.338 e. The monoisotopic (exact) mass is 369 g/mol. The van der Waals surface area contributed by atoms with Gasteiger partial charge in [0.2, 0.25) is 11.8 Å². The maximum absolute atomic E-state index is 13.2. The second-order valence-corrected chi connectivity index (χ2v) is 5.86. The smallest absolute Gasteiger partial charge is 0.240 e. The molecule has 1 aliphatic heterocycles. The molecule has 0 saturated carbocycles. The summed E-state index contributed by atoms with van der Waals surface area (Å²) in [5.74, 6) is 0.534. The topological polar surface area (TPSA) is 97.3 Å². The number of nitrogens with zero attached hydrogens (tertiary/aromatic N) is 3. The Labute approximate surface area is 151 Å². The van der Waals surface area contributed by atoms with Gasteiger partial charge in [-0.25, -0.2) is 4.39 Å². The highest BCUT2D eigenvalue weighted by Crippen LogP contribution is 2.21. The highest BCUT2D eigenvalue weighted by Gasteiger charge is 2.25. The minimum atomic E-state index is -0.362. The van der Waals surface area contributed by atoms with Crippen LogP contribution in [0.4, 0.5) is 10.1 Å². The van der Waals surface area contributed by atoms with Crippen LogP contribution >= 0.6 is 12.4 Å². The van der Waals surface area contributed by atoms with Crippen molar-refractivity contribution in [1.82, 2.24) is 15.0 Å². The van der Waals surface area contributed by atoms with Crippen molar-refractivity contribution in [3.05, 3.63) is 41.8 Å². The first-order chi connectivity index (χ1) is 11.6. The van der Waals surface area contributed by atoms with E-state index in [1.807, 2.05) is 0 Å². The average Bonchev–Trinajstić information content (AvgIpc) is 3.03. The van der Waals surface area contributed by atoms with Gasteiger partial charge in [-0.3, -0.25) is 9.69 Å². The Kier molecular flexibility index (Phi) is 6.86. The highest BCUT2D eigenvalue weighted by molar-refractivity contribution is 5.92. The fraction of sp³-hybridized carbons (Fsp3) is 0.438. The molecule has 0 radical (unpaired) electrons. The molecule has 1 saturated heterocycles. The molecule has 0 aliphatic carbocycles. The standard InChI is InChI=1S/C16H20FN5O2.ClH/c17-12-2-1-3-13(8-12)19-16(23)11-4-6-22(7-5-11)10-14-20-15(9-18)24-21-14;/h1-3,8,11H,4-7,9-10,18H2,(H,19,23);1H. The maximum atomic E-state index is 13.2. The van der Waals surface area contributed by atoms with Crippen molar-refractivity contribution < 1.29 is 13.7 Å². The summed E-state index contributed by atoms with van der Waals surface area (Å²) in [6, 6.07) is 5.93. The van der Waals surface area contributed by atoms with Crippen molar-refractivity contribution in [2.75, 3.05) is 18.4 Å². The van der Waals surface area contributed by atoms with Gasteiger partial charge in [0.1, 0.15) is 5.82 Å². The first-order valence-corrected chi connectivity index (χ1v) is 7.94. The predicted molar refractivity (Wildman–Crippen MR) is 92.5 cm³/mol. The Morgan fingerprint density at radius 3 is 2.80 bits per heavy atom. The Hall–Kier alpha value is -2.03. The largest absolute Gasteiger partial charge is 0.338 e. The van der Waals surface area contributed by atoms with Gasteiger partial charge in [-0.2, -0.15) is 4.98 Å². The summed E-state index contributed by atoms with van der Waals surface area (Å²) in [5, 5.41) is 6.65. The third-order valence-electron chi connectivity index (χ3n) is 4.10. The number of halogens is 2.